The Hall–Kier alpha value is -1.73. The van der Waals surface area contributed by atoms with Gasteiger partial charge in [0.2, 0.25) is 0 Å². The minimum Gasteiger partial charge on any atom is -0.470 e. The van der Waals surface area contributed by atoms with E-state index < -0.39 is 0 Å². The molecule has 0 aliphatic rings. The minimum absolute atomic E-state index is 0.333. The highest BCUT2D eigenvalue weighted by Gasteiger charge is 2.11. The predicted octanol–water partition coefficient (Wildman–Crippen LogP) is 1.83. The standard InChI is InChI=1S/C12H14BrN5O/c1-8-12(17-16-7-15-8)19-6-9-10(13)4-3-5-11(9)18(2)14/h3-5,7H,6,14H2,1-2H3. The zero-order valence-electron chi connectivity index (χ0n) is 10.7. The summed E-state index contributed by atoms with van der Waals surface area (Å²) >= 11 is 3.49. The maximum atomic E-state index is 5.80. The van der Waals surface area contributed by atoms with Gasteiger partial charge in [0.15, 0.2) is 0 Å². The second kappa shape index (κ2) is 5.94. The molecule has 6 nitrogen and oxygen atoms in total. The molecule has 1 aromatic heterocycles. The molecular formula is C12H14BrN5O. The number of anilines is 1. The lowest BCUT2D eigenvalue weighted by Crippen LogP contribution is -2.26. The van der Waals surface area contributed by atoms with Crippen molar-refractivity contribution in [1.82, 2.24) is 15.2 Å². The normalized spacial score (nSPS) is 10.3. The predicted molar refractivity (Wildman–Crippen MR) is 75.6 cm³/mol. The second-order valence-electron chi connectivity index (χ2n) is 3.99. The van der Waals surface area contributed by atoms with Crippen LogP contribution in [0.1, 0.15) is 11.3 Å². The molecule has 0 fully saturated rings. The Morgan fingerprint density at radius 2 is 2.21 bits per heavy atom. The Kier molecular flexibility index (Phi) is 4.28. The molecular weight excluding hydrogens is 310 g/mol. The van der Waals surface area contributed by atoms with Gasteiger partial charge < -0.3 is 9.75 Å². The molecule has 7 heteroatoms. The first-order valence-electron chi connectivity index (χ1n) is 5.62. The number of rotatable bonds is 4. The number of nitrogens with two attached hydrogens (primary N) is 1. The SMILES string of the molecule is Cc1ncnnc1OCc1c(Br)cccc1N(C)N. The fourth-order valence-electron chi connectivity index (χ4n) is 1.61. The van der Waals surface area contributed by atoms with Crippen LogP contribution in [0.3, 0.4) is 0 Å². The van der Waals surface area contributed by atoms with Gasteiger partial charge in [0.1, 0.15) is 18.6 Å². The van der Waals surface area contributed by atoms with Gasteiger partial charge in [-0.2, -0.15) is 0 Å². The molecule has 1 aromatic carbocycles. The molecule has 2 N–H and O–H groups in total. The average molecular weight is 324 g/mol. The molecule has 0 bridgehead atoms. The Labute approximate surface area is 119 Å². The molecule has 19 heavy (non-hydrogen) atoms. The largest absolute Gasteiger partial charge is 0.470 e. The number of nitrogens with zero attached hydrogens (tertiary/aromatic N) is 4. The Morgan fingerprint density at radius 1 is 1.42 bits per heavy atom. The summed E-state index contributed by atoms with van der Waals surface area (Å²) < 4.78 is 6.57. The molecule has 0 amide bonds. The van der Waals surface area contributed by atoms with Crippen molar-refractivity contribution in [1.29, 1.82) is 0 Å². The van der Waals surface area contributed by atoms with Crippen molar-refractivity contribution in [3.05, 3.63) is 40.3 Å². The van der Waals surface area contributed by atoms with E-state index in [1.165, 1.54) is 6.33 Å². The Balaban J connectivity index is 2.22. The van der Waals surface area contributed by atoms with Crippen LogP contribution in [0, 0.1) is 6.92 Å². The van der Waals surface area contributed by atoms with E-state index in [-0.39, 0.29) is 0 Å². The molecule has 0 unspecified atom stereocenters. The third kappa shape index (κ3) is 3.18. The van der Waals surface area contributed by atoms with Crippen molar-refractivity contribution in [3.63, 3.8) is 0 Å². The highest BCUT2D eigenvalue weighted by atomic mass is 79.9. The third-order valence-electron chi connectivity index (χ3n) is 2.59. The number of hydrazine groups is 1. The molecule has 0 atom stereocenters. The van der Waals surface area contributed by atoms with Gasteiger partial charge >= 0.3 is 0 Å². The van der Waals surface area contributed by atoms with Crippen LogP contribution < -0.4 is 15.6 Å². The van der Waals surface area contributed by atoms with Crippen LogP contribution in [-0.2, 0) is 6.61 Å². The molecule has 2 rings (SSSR count). The molecule has 0 aliphatic heterocycles. The zero-order valence-corrected chi connectivity index (χ0v) is 12.3. The van der Waals surface area contributed by atoms with Crippen LogP contribution in [0.4, 0.5) is 5.69 Å². The Morgan fingerprint density at radius 3 is 2.89 bits per heavy atom. The summed E-state index contributed by atoms with van der Waals surface area (Å²) in [5.74, 6) is 6.22. The van der Waals surface area contributed by atoms with E-state index in [1.807, 2.05) is 25.1 Å². The second-order valence-corrected chi connectivity index (χ2v) is 4.84. The van der Waals surface area contributed by atoms with Gasteiger partial charge in [0.25, 0.3) is 5.88 Å². The number of hydrogen-bond acceptors (Lipinski definition) is 6. The molecule has 100 valence electrons. The monoisotopic (exact) mass is 323 g/mol. The zero-order chi connectivity index (χ0) is 13.8. The summed E-state index contributed by atoms with van der Waals surface area (Å²) in [6.45, 7) is 2.15. The van der Waals surface area contributed by atoms with E-state index >= 15 is 0 Å². The quantitative estimate of drug-likeness (QED) is 0.683. The number of ether oxygens (including phenoxy) is 1. The highest BCUT2D eigenvalue weighted by Crippen LogP contribution is 2.27. The van der Waals surface area contributed by atoms with E-state index in [0.717, 1.165) is 15.7 Å². The summed E-state index contributed by atoms with van der Waals surface area (Å²) in [7, 11) is 1.78. The summed E-state index contributed by atoms with van der Waals surface area (Å²) in [6, 6.07) is 5.78. The van der Waals surface area contributed by atoms with E-state index in [9.17, 15) is 0 Å². The molecule has 0 spiro atoms. The van der Waals surface area contributed by atoms with E-state index in [4.69, 9.17) is 10.6 Å². The van der Waals surface area contributed by atoms with Gasteiger partial charge in [0.05, 0.1) is 5.69 Å². The first kappa shape index (κ1) is 13.7. The van der Waals surface area contributed by atoms with Crippen molar-refractivity contribution in [3.8, 4) is 5.88 Å². The van der Waals surface area contributed by atoms with Gasteiger partial charge in [0, 0.05) is 17.1 Å². The smallest absolute Gasteiger partial charge is 0.255 e. The molecule has 0 aliphatic carbocycles. The van der Waals surface area contributed by atoms with Crippen LogP contribution in [0.25, 0.3) is 0 Å². The fraction of sp³-hybridized carbons (Fsp3) is 0.250. The minimum atomic E-state index is 0.333. The molecule has 2 aromatic rings. The van der Waals surface area contributed by atoms with Crippen LogP contribution >= 0.6 is 15.9 Å². The van der Waals surface area contributed by atoms with Gasteiger partial charge in [-0.25, -0.2) is 10.8 Å². The number of halogens is 1. The van der Waals surface area contributed by atoms with Gasteiger partial charge in [-0.3, -0.25) is 0 Å². The maximum Gasteiger partial charge on any atom is 0.255 e. The van der Waals surface area contributed by atoms with E-state index in [2.05, 4.69) is 31.1 Å². The average Bonchev–Trinajstić information content (AvgIpc) is 2.38. The Bertz CT molecular complexity index is 576. The molecule has 0 saturated carbocycles. The van der Waals surface area contributed by atoms with Crippen molar-refractivity contribution in [2.75, 3.05) is 12.1 Å². The summed E-state index contributed by atoms with van der Waals surface area (Å²) in [5.41, 5.74) is 2.52. The first-order valence-corrected chi connectivity index (χ1v) is 6.41. The van der Waals surface area contributed by atoms with Crippen LogP contribution in [-0.4, -0.2) is 22.2 Å². The summed E-state index contributed by atoms with van der Waals surface area (Å²) in [4.78, 5) is 4.03. The first-order chi connectivity index (χ1) is 9.09. The lowest BCUT2D eigenvalue weighted by molar-refractivity contribution is 0.285. The maximum absolute atomic E-state index is 5.80. The molecule has 0 radical (unpaired) electrons. The van der Waals surface area contributed by atoms with Crippen molar-refractivity contribution in [2.24, 2.45) is 5.84 Å². The number of aromatic nitrogens is 3. The fourth-order valence-corrected chi connectivity index (χ4v) is 2.08. The number of hydrogen-bond donors (Lipinski definition) is 1. The molecule has 0 saturated heterocycles. The van der Waals surface area contributed by atoms with Crippen LogP contribution in [0.2, 0.25) is 0 Å². The van der Waals surface area contributed by atoms with E-state index in [1.54, 1.807) is 12.1 Å². The summed E-state index contributed by atoms with van der Waals surface area (Å²) in [5, 5.41) is 9.15. The topological polar surface area (TPSA) is 77.2 Å². The molecule has 1 heterocycles. The van der Waals surface area contributed by atoms with Crippen molar-refractivity contribution in [2.45, 2.75) is 13.5 Å². The van der Waals surface area contributed by atoms with Crippen LogP contribution in [0.5, 0.6) is 5.88 Å². The van der Waals surface area contributed by atoms with Gasteiger partial charge in [-0.1, -0.05) is 22.0 Å². The highest BCUT2D eigenvalue weighted by molar-refractivity contribution is 9.10. The third-order valence-corrected chi connectivity index (χ3v) is 3.33. The number of aryl methyl sites for hydroxylation is 1. The van der Waals surface area contributed by atoms with Gasteiger partial charge in [-0.15, -0.1) is 10.2 Å². The van der Waals surface area contributed by atoms with Crippen LogP contribution in [0.15, 0.2) is 29.0 Å². The lowest BCUT2D eigenvalue weighted by Gasteiger charge is -2.18. The number of benzene rings is 1. The van der Waals surface area contributed by atoms with Crippen molar-refractivity contribution >= 4 is 21.6 Å². The summed E-state index contributed by atoms with van der Waals surface area (Å²) in [6.07, 6.45) is 1.39. The van der Waals surface area contributed by atoms with E-state index in [0.29, 0.717) is 18.2 Å². The lowest BCUT2D eigenvalue weighted by atomic mass is 10.2. The van der Waals surface area contributed by atoms with Gasteiger partial charge in [-0.05, 0) is 19.1 Å². The van der Waals surface area contributed by atoms with Crippen molar-refractivity contribution < 1.29 is 4.74 Å².